The fraction of sp³-hybridized carbons (Fsp3) is 0.796. The summed E-state index contributed by atoms with van der Waals surface area (Å²) in [6, 6.07) is 0. The number of rotatable bonds is 45. The van der Waals surface area contributed by atoms with E-state index in [0.29, 0.717) is 12.8 Å². The number of allylic oxidation sites excluding steroid dienone is 8. The standard InChI is InChI=1S/C49H90NO8P/c1-3-5-7-9-11-13-15-17-19-21-23-25-27-29-31-33-35-37-39-41-48(51)55-45-47(46-57-59(53,54)56-44-43-50)58-49(52)42-40-38-36-34-32-30-28-26-24-22-20-18-16-14-12-10-8-6-4-2/h11,13,17,19,23,25,29,31,47H,3-10,12,14-16,18,20-22,24,26-28,30,32-46,50H2,1-2H3,(H,53,54)/b13-11+,19-17+,25-23+,31-29+/t47-/m1/s1. The number of phosphoric ester groups is 1. The van der Waals surface area contributed by atoms with Crippen LogP contribution in [-0.2, 0) is 32.7 Å². The van der Waals surface area contributed by atoms with Crippen molar-refractivity contribution in [2.75, 3.05) is 26.4 Å². The summed E-state index contributed by atoms with van der Waals surface area (Å²) in [6.45, 7) is 3.69. The van der Waals surface area contributed by atoms with E-state index in [1.807, 2.05) is 0 Å². The second-order valence-electron chi connectivity index (χ2n) is 16.0. The topological polar surface area (TPSA) is 134 Å². The summed E-state index contributed by atoms with van der Waals surface area (Å²) in [5.41, 5.74) is 5.36. The lowest BCUT2D eigenvalue weighted by atomic mass is 10.0. The van der Waals surface area contributed by atoms with E-state index in [1.165, 1.54) is 128 Å². The van der Waals surface area contributed by atoms with Gasteiger partial charge in [-0.15, -0.1) is 0 Å². The predicted octanol–water partition coefficient (Wildman–Crippen LogP) is 14.3. The Balaban J connectivity index is 4.14. The van der Waals surface area contributed by atoms with Crippen LogP contribution in [0.3, 0.4) is 0 Å². The highest BCUT2D eigenvalue weighted by atomic mass is 31.2. The Hall–Kier alpha value is -2.03. The maximum Gasteiger partial charge on any atom is 0.472 e. The molecule has 0 amide bonds. The van der Waals surface area contributed by atoms with Crippen LogP contribution in [0.4, 0.5) is 0 Å². The summed E-state index contributed by atoms with van der Waals surface area (Å²) >= 11 is 0. The Labute approximate surface area is 362 Å². The van der Waals surface area contributed by atoms with Gasteiger partial charge in [-0.05, 0) is 57.8 Å². The van der Waals surface area contributed by atoms with Crippen LogP contribution in [0.2, 0.25) is 0 Å². The second-order valence-corrected chi connectivity index (χ2v) is 17.4. The van der Waals surface area contributed by atoms with Gasteiger partial charge in [-0.25, -0.2) is 4.57 Å². The number of hydrogen-bond donors (Lipinski definition) is 2. The van der Waals surface area contributed by atoms with Gasteiger partial charge in [0.2, 0.25) is 0 Å². The molecule has 0 heterocycles. The Morgan fingerprint density at radius 1 is 0.508 bits per heavy atom. The van der Waals surface area contributed by atoms with Crippen LogP contribution in [0.15, 0.2) is 48.6 Å². The average Bonchev–Trinajstić information content (AvgIpc) is 3.22. The number of nitrogens with two attached hydrogens (primary N) is 1. The first-order chi connectivity index (χ1) is 28.8. The van der Waals surface area contributed by atoms with E-state index in [-0.39, 0.29) is 32.6 Å². The van der Waals surface area contributed by atoms with Crippen LogP contribution < -0.4 is 5.73 Å². The van der Waals surface area contributed by atoms with Gasteiger partial charge in [0.05, 0.1) is 13.2 Å². The van der Waals surface area contributed by atoms with Gasteiger partial charge in [-0.2, -0.15) is 0 Å². The monoisotopic (exact) mass is 852 g/mol. The highest BCUT2D eigenvalue weighted by Crippen LogP contribution is 2.43. The lowest BCUT2D eigenvalue weighted by Crippen LogP contribution is -2.29. The molecule has 2 atom stereocenters. The van der Waals surface area contributed by atoms with Crippen molar-refractivity contribution in [1.82, 2.24) is 0 Å². The maximum absolute atomic E-state index is 12.6. The molecule has 0 aromatic rings. The Kier molecular flexibility index (Phi) is 43.9. The molecule has 3 N–H and O–H groups in total. The second kappa shape index (κ2) is 45.5. The van der Waals surface area contributed by atoms with Crippen LogP contribution >= 0.6 is 7.82 Å². The van der Waals surface area contributed by atoms with E-state index < -0.39 is 32.5 Å². The van der Waals surface area contributed by atoms with Crippen molar-refractivity contribution in [3.63, 3.8) is 0 Å². The molecule has 0 saturated carbocycles. The molecule has 0 aromatic heterocycles. The molecule has 0 radical (unpaired) electrons. The number of carbonyl (C=O) groups is 2. The zero-order valence-electron chi connectivity index (χ0n) is 38.0. The Morgan fingerprint density at radius 2 is 0.881 bits per heavy atom. The minimum atomic E-state index is -4.39. The van der Waals surface area contributed by atoms with Crippen LogP contribution in [0, 0.1) is 0 Å². The molecule has 0 spiro atoms. The summed E-state index contributed by atoms with van der Waals surface area (Å²) in [7, 11) is -4.39. The highest BCUT2D eigenvalue weighted by molar-refractivity contribution is 7.47. The molecule has 59 heavy (non-hydrogen) atoms. The van der Waals surface area contributed by atoms with Gasteiger partial charge in [-0.3, -0.25) is 18.6 Å². The first-order valence-corrected chi connectivity index (χ1v) is 25.6. The first-order valence-electron chi connectivity index (χ1n) is 24.1. The van der Waals surface area contributed by atoms with E-state index in [4.69, 9.17) is 24.3 Å². The third-order valence-electron chi connectivity index (χ3n) is 10.2. The summed E-state index contributed by atoms with van der Waals surface area (Å²) in [5, 5.41) is 0. The van der Waals surface area contributed by atoms with Gasteiger partial charge in [0.15, 0.2) is 6.10 Å². The van der Waals surface area contributed by atoms with Crippen LogP contribution in [0.1, 0.15) is 219 Å². The molecule has 9 nitrogen and oxygen atoms in total. The molecule has 0 bridgehead atoms. The van der Waals surface area contributed by atoms with Crippen LogP contribution in [0.5, 0.6) is 0 Å². The Bertz CT molecular complexity index is 1110. The predicted molar refractivity (Wildman–Crippen MR) is 247 cm³/mol. The van der Waals surface area contributed by atoms with Gasteiger partial charge in [0.1, 0.15) is 6.61 Å². The van der Waals surface area contributed by atoms with Gasteiger partial charge in [0, 0.05) is 19.4 Å². The van der Waals surface area contributed by atoms with Crippen molar-refractivity contribution < 1.29 is 37.6 Å². The third kappa shape index (κ3) is 45.3. The summed E-state index contributed by atoms with van der Waals surface area (Å²) in [4.78, 5) is 35.0. The molecule has 1 unspecified atom stereocenters. The Morgan fingerprint density at radius 3 is 1.34 bits per heavy atom. The minimum Gasteiger partial charge on any atom is -0.462 e. The molecule has 0 fully saturated rings. The zero-order valence-corrected chi connectivity index (χ0v) is 38.9. The average molecular weight is 852 g/mol. The molecule has 0 aliphatic heterocycles. The SMILES string of the molecule is CCCCC/C=C/C/C=C/C/C=C/C/C=C/CCCCCC(=O)OC[C@H](COP(=O)(O)OCCN)OC(=O)CCCCCCCCCCCCCCCCCCCCC. The zero-order chi connectivity index (χ0) is 43.2. The van der Waals surface area contributed by atoms with Gasteiger partial charge in [-0.1, -0.05) is 197 Å². The van der Waals surface area contributed by atoms with E-state index >= 15 is 0 Å². The van der Waals surface area contributed by atoms with E-state index in [9.17, 15) is 19.0 Å². The molecule has 0 aromatic carbocycles. The number of esters is 2. The third-order valence-corrected chi connectivity index (χ3v) is 11.2. The van der Waals surface area contributed by atoms with Crippen molar-refractivity contribution >= 4 is 19.8 Å². The number of unbranched alkanes of at least 4 members (excludes halogenated alkanes) is 24. The molecule has 0 rings (SSSR count). The molecule has 0 aliphatic carbocycles. The molecule has 0 saturated heterocycles. The fourth-order valence-electron chi connectivity index (χ4n) is 6.62. The molecule has 0 aliphatic rings. The molecule has 344 valence electrons. The largest absolute Gasteiger partial charge is 0.472 e. The minimum absolute atomic E-state index is 0.0485. The molecule has 10 heteroatoms. The number of hydrogen-bond acceptors (Lipinski definition) is 8. The number of carbonyl (C=O) groups excluding carboxylic acids is 2. The first kappa shape index (κ1) is 57.0. The summed E-state index contributed by atoms with van der Waals surface area (Å²) in [5.74, 6) is -0.858. The highest BCUT2D eigenvalue weighted by Gasteiger charge is 2.26. The quantitative estimate of drug-likeness (QED) is 0.0266. The molecular weight excluding hydrogens is 762 g/mol. The lowest BCUT2D eigenvalue weighted by molar-refractivity contribution is -0.161. The van der Waals surface area contributed by atoms with Crippen molar-refractivity contribution in [2.24, 2.45) is 5.73 Å². The van der Waals surface area contributed by atoms with E-state index in [0.717, 1.165) is 51.4 Å². The smallest absolute Gasteiger partial charge is 0.462 e. The molecular formula is C49H90NO8P. The summed E-state index contributed by atoms with van der Waals surface area (Å²) < 4.78 is 32.8. The lowest BCUT2D eigenvalue weighted by Gasteiger charge is -2.19. The van der Waals surface area contributed by atoms with Crippen molar-refractivity contribution in [3.05, 3.63) is 48.6 Å². The fourth-order valence-corrected chi connectivity index (χ4v) is 7.38. The van der Waals surface area contributed by atoms with Gasteiger partial charge < -0.3 is 20.1 Å². The van der Waals surface area contributed by atoms with Crippen LogP contribution in [0.25, 0.3) is 0 Å². The maximum atomic E-state index is 12.6. The van der Waals surface area contributed by atoms with Gasteiger partial charge in [0.25, 0.3) is 0 Å². The van der Waals surface area contributed by atoms with Crippen molar-refractivity contribution in [3.8, 4) is 0 Å². The van der Waals surface area contributed by atoms with Gasteiger partial charge >= 0.3 is 19.8 Å². The number of phosphoric acid groups is 1. The van der Waals surface area contributed by atoms with Crippen molar-refractivity contribution in [1.29, 1.82) is 0 Å². The number of ether oxygens (including phenoxy) is 2. The van der Waals surface area contributed by atoms with E-state index in [1.54, 1.807) is 0 Å². The summed E-state index contributed by atoms with van der Waals surface area (Å²) in [6.07, 6.45) is 52.8. The normalized spacial score (nSPS) is 13.6. The van der Waals surface area contributed by atoms with Crippen molar-refractivity contribution in [2.45, 2.75) is 225 Å². The van der Waals surface area contributed by atoms with Crippen LogP contribution in [-0.4, -0.2) is 49.3 Å². The van der Waals surface area contributed by atoms with E-state index in [2.05, 4.69) is 62.5 Å².